The number of para-hydroxylation sites is 1. The minimum atomic E-state index is -0.986. The second-order valence-electron chi connectivity index (χ2n) is 3.56. The van der Waals surface area contributed by atoms with E-state index in [0.717, 1.165) is 11.1 Å². The van der Waals surface area contributed by atoms with E-state index < -0.39 is 5.97 Å². The molecule has 0 unspecified atom stereocenters. The number of hydrogen-bond donors (Lipinski definition) is 1. The van der Waals surface area contributed by atoms with E-state index in [2.05, 4.69) is 0 Å². The maximum Gasteiger partial charge on any atom is 1.00 e. The molecule has 0 aliphatic rings. The molecule has 0 spiro atoms. The molecule has 18 heavy (non-hydrogen) atoms. The fraction of sp³-hybridized carbons (Fsp3) is 0.0714. The van der Waals surface area contributed by atoms with Crippen LogP contribution in [-0.4, -0.2) is 18.2 Å². The number of carboxylic acids is 1. The predicted octanol–water partition coefficient (Wildman–Crippen LogP) is 0.177. The van der Waals surface area contributed by atoms with Crippen molar-refractivity contribution >= 4 is 5.97 Å². The quantitative estimate of drug-likeness (QED) is 0.792. The van der Waals surface area contributed by atoms with Gasteiger partial charge in [0.2, 0.25) is 0 Å². The zero-order chi connectivity index (χ0) is 12.3. The zero-order valence-corrected chi connectivity index (χ0v) is 12.4. The molecule has 2 aromatic carbocycles. The summed E-state index contributed by atoms with van der Waals surface area (Å²) in [5.41, 5.74) is 1.90. The molecule has 88 valence electrons. The molecule has 0 amide bonds. The number of benzene rings is 2. The van der Waals surface area contributed by atoms with Crippen molar-refractivity contribution in [1.82, 2.24) is 0 Å². The van der Waals surface area contributed by atoms with Gasteiger partial charge in [-0.2, -0.15) is 0 Å². The van der Waals surface area contributed by atoms with Crippen molar-refractivity contribution in [2.45, 2.75) is 0 Å². The molecule has 0 aliphatic carbocycles. The van der Waals surface area contributed by atoms with E-state index >= 15 is 0 Å². The summed E-state index contributed by atoms with van der Waals surface area (Å²) in [5.74, 6) is -0.592. The maximum absolute atomic E-state index is 11.1. The van der Waals surface area contributed by atoms with E-state index in [9.17, 15) is 4.79 Å². The summed E-state index contributed by atoms with van der Waals surface area (Å²) in [6, 6.07) is 14.7. The van der Waals surface area contributed by atoms with Gasteiger partial charge in [0.15, 0.2) is 0 Å². The number of aromatic carboxylic acids is 1. The molecular formula is C14H13NaO3. The molecule has 0 saturated heterocycles. The average molecular weight is 252 g/mol. The number of ether oxygens (including phenoxy) is 1. The van der Waals surface area contributed by atoms with Gasteiger partial charge in [-0.1, -0.05) is 42.5 Å². The Morgan fingerprint density at radius 1 is 1.11 bits per heavy atom. The van der Waals surface area contributed by atoms with Crippen LogP contribution in [0.5, 0.6) is 5.75 Å². The third-order valence-corrected chi connectivity index (χ3v) is 2.53. The second kappa shape index (κ2) is 6.59. The standard InChI is InChI=1S/C14H12O3.Na.H/c1-17-13-11(10-6-3-2-4-7-10)8-5-9-12(13)14(15)16;;/h2-9H,1H3,(H,15,16);;/q;+1;-1. The van der Waals surface area contributed by atoms with E-state index in [-0.39, 0.29) is 36.5 Å². The minimum absolute atomic E-state index is 0. The van der Waals surface area contributed by atoms with Gasteiger partial charge in [0.1, 0.15) is 11.3 Å². The fourth-order valence-electron chi connectivity index (χ4n) is 1.77. The molecule has 0 fully saturated rings. The monoisotopic (exact) mass is 252 g/mol. The molecular weight excluding hydrogens is 239 g/mol. The molecule has 2 rings (SSSR count). The Balaban J connectivity index is 0.00000162. The van der Waals surface area contributed by atoms with E-state index in [4.69, 9.17) is 9.84 Å². The zero-order valence-electron chi connectivity index (χ0n) is 11.4. The van der Waals surface area contributed by atoms with Gasteiger partial charge in [-0.05, 0) is 11.6 Å². The van der Waals surface area contributed by atoms with Crippen molar-refractivity contribution in [2.24, 2.45) is 0 Å². The first-order valence-corrected chi connectivity index (χ1v) is 5.19. The number of hydrogen-bond acceptors (Lipinski definition) is 2. The molecule has 4 heteroatoms. The van der Waals surface area contributed by atoms with Crippen molar-refractivity contribution in [3.8, 4) is 16.9 Å². The van der Waals surface area contributed by atoms with Crippen LogP contribution in [0.15, 0.2) is 48.5 Å². The molecule has 1 N–H and O–H groups in total. The van der Waals surface area contributed by atoms with Gasteiger partial charge >= 0.3 is 35.5 Å². The van der Waals surface area contributed by atoms with Gasteiger partial charge in [0.05, 0.1) is 7.11 Å². The van der Waals surface area contributed by atoms with Crippen LogP contribution in [0.4, 0.5) is 0 Å². The van der Waals surface area contributed by atoms with Crippen molar-refractivity contribution < 1.29 is 45.6 Å². The van der Waals surface area contributed by atoms with Crippen LogP contribution in [-0.2, 0) is 0 Å². The molecule has 0 aliphatic heterocycles. The topological polar surface area (TPSA) is 46.5 Å². The smallest absolute Gasteiger partial charge is 1.00 e. The molecule has 2 aromatic rings. The fourth-order valence-corrected chi connectivity index (χ4v) is 1.77. The van der Waals surface area contributed by atoms with Gasteiger partial charge in [-0.3, -0.25) is 0 Å². The SMILES string of the molecule is COc1c(C(=O)O)cccc1-c1ccccc1.[H-].[Na+]. The Hall–Kier alpha value is -1.29. The summed E-state index contributed by atoms with van der Waals surface area (Å²) in [6.45, 7) is 0. The van der Waals surface area contributed by atoms with Crippen LogP contribution in [0.3, 0.4) is 0 Å². The molecule has 0 heterocycles. The largest absolute Gasteiger partial charge is 1.00 e. The van der Waals surface area contributed by atoms with Crippen molar-refractivity contribution in [3.05, 3.63) is 54.1 Å². The third kappa shape index (κ3) is 2.93. The Labute approximate surface area is 129 Å². The van der Waals surface area contributed by atoms with Crippen molar-refractivity contribution in [2.75, 3.05) is 7.11 Å². The van der Waals surface area contributed by atoms with Crippen LogP contribution in [0.2, 0.25) is 0 Å². The summed E-state index contributed by atoms with van der Waals surface area (Å²) in [5, 5.41) is 9.09. The van der Waals surface area contributed by atoms with Gasteiger partial charge in [-0.25, -0.2) is 4.79 Å². The predicted molar refractivity (Wildman–Crippen MR) is 66.5 cm³/mol. The summed E-state index contributed by atoms with van der Waals surface area (Å²) in [6.07, 6.45) is 0. The first-order valence-electron chi connectivity index (χ1n) is 5.19. The number of rotatable bonds is 3. The molecule has 0 radical (unpaired) electrons. The van der Waals surface area contributed by atoms with Crippen LogP contribution < -0.4 is 34.3 Å². The Morgan fingerprint density at radius 2 is 1.78 bits per heavy atom. The molecule has 0 bridgehead atoms. The van der Waals surface area contributed by atoms with Gasteiger partial charge in [0.25, 0.3) is 0 Å². The van der Waals surface area contributed by atoms with E-state index in [0.29, 0.717) is 5.75 Å². The summed E-state index contributed by atoms with van der Waals surface area (Å²) >= 11 is 0. The summed E-state index contributed by atoms with van der Waals surface area (Å²) in [7, 11) is 1.48. The number of carbonyl (C=O) groups is 1. The number of carboxylic acid groups (broad SMARTS) is 1. The third-order valence-electron chi connectivity index (χ3n) is 2.53. The van der Waals surface area contributed by atoms with Crippen molar-refractivity contribution in [3.63, 3.8) is 0 Å². The molecule has 0 aromatic heterocycles. The van der Waals surface area contributed by atoms with E-state index in [1.54, 1.807) is 6.07 Å². The normalized spacial score (nSPS) is 9.39. The molecule has 0 atom stereocenters. The first-order chi connectivity index (χ1) is 8.24. The van der Waals surface area contributed by atoms with Crippen molar-refractivity contribution in [1.29, 1.82) is 0 Å². The second-order valence-corrected chi connectivity index (χ2v) is 3.56. The Morgan fingerprint density at radius 3 is 2.33 bits per heavy atom. The summed E-state index contributed by atoms with van der Waals surface area (Å²) in [4.78, 5) is 11.1. The first kappa shape index (κ1) is 14.8. The molecule has 0 saturated carbocycles. The van der Waals surface area contributed by atoms with Crippen LogP contribution in [0.1, 0.15) is 11.8 Å². The maximum atomic E-state index is 11.1. The van der Waals surface area contributed by atoms with Gasteiger partial charge < -0.3 is 11.3 Å². The van der Waals surface area contributed by atoms with E-state index in [1.807, 2.05) is 36.4 Å². The van der Waals surface area contributed by atoms with Crippen LogP contribution in [0.25, 0.3) is 11.1 Å². The minimum Gasteiger partial charge on any atom is -1.00 e. The van der Waals surface area contributed by atoms with Gasteiger partial charge in [-0.15, -0.1) is 0 Å². The van der Waals surface area contributed by atoms with Crippen LogP contribution in [0, 0.1) is 0 Å². The Bertz CT molecular complexity index is 544. The average Bonchev–Trinajstić information content (AvgIpc) is 2.38. The van der Waals surface area contributed by atoms with Gasteiger partial charge in [0, 0.05) is 5.56 Å². The molecule has 3 nitrogen and oxygen atoms in total. The van der Waals surface area contributed by atoms with Crippen LogP contribution >= 0.6 is 0 Å². The van der Waals surface area contributed by atoms with E-state index in [1.165, 1.54) is 13.2 Å². The number of methoxy groups -OCH3 is 1. The Kier molecular flexibility index (Phi) is 5.41. The summed E-state index contributed by atoms with van der Waals surface area (Å²) < 4.78 is 5.21.